The Morgan fingerprint density at radius 2 is 2.36 bits per heavy atom. The number of nitrogens with zero attached hydrogens (tertiary/aromatic N) is 1. The van der Waals surface area contributed by atoms with Gasteiger partial charge < -0.3 is 10.3 Å². The van der Waals surface area contributed by atoms with E-state index in [-0.39, 0.29) is 0 Å². The first kappa shape index (κ1) is 9.71. The predicted octanol–water partition coefficient (Wildman–Crippen LogP) is 1.86. The summed E-state index contributed by atoms with van der Waals surface area (Å²) in [4.78, 5) is 7.74. The van der Waals surface area contributed by atoms with E-state index in [1.165, 1.54) is 18.5 Å². The highest BCUT2D eigenvalue weighted by atomic mass is 15.0. The van der Waals surface area contributed by atoms with E-state index >= 15 is 0 Å². The second-order valence-electron chi connectivity index (χ2n) is 4.54. The third-order valence-electron chi connectivity index (χ3n) is 2.56. The topological polar surface area (TPSA) is 40.7 Å². The Morgan fingerprint density at radius 3 is 3.00 bits per heavy atom. The average Bonchev–Trinajstić information content (AvgIpc) is 2.81. The molecule has 1 aromatic rings. The first-order valence-corrected chi connectivity index (χ1v) is 5.50. The zero-order valence-electron chi connectivity index (χ0n) is 9.01. The van der Waals surface area contributed by atoms with Gasteiger partial charge >= 0.3 is 0 Å². The van der Waals surface area contributed by atoms with E-state index in [0.29, 0.717) is 6.04 Å². The molecule has 2 rings (SSSR count). The summed E-state index contributed by atoms with van der Waals surface area (Å²) in [6, 6.07) is 0.533. The van der Waals surface area contributed by atoms with Crippen molar-refractivity contribution in [3.8, 4) is 0 Å². The van der Waals surface area contributed by atoms with Gasteiger partial charge in [0.25, 0.3) is 0 Å². The summed E-state index contributed by atoms with van der Waals surface area (Å²) in [5.41, 5.74) is 1.20. The van der Waals surface area contributed by atoms with E-state index in [1.807, 2.05) is 6.20 Å². The van der Waals surface area contributed by atoms with Crippen molar-refractivity contribution in [2.24, 2.45) is 5.92 Å². The number of aromatic amines is 1. The molecule has 0 saturated heterocycles. The molecule has 0 spiro atoms. The molecule has 0 aliphatic heterocycles. The molecule has 0 radical (unpaired) electrons. The molecule has 1 aliphatic carbocycles. The molecule has 0 bridgehead atoms. The van der Waals surface area contributed by atoms with Crippen molar-refractivity contribution in [2.75, 3.05) is 0 Å². The third kappa shape index (κ3) is 2.84. The number of hydrogen-bond acceptors (Lipinski definition) is 2. The molecule has 1 aliphatic rings. The fourth-order valence-corrected chi connectivity index (χ4v) is 1.51. The zero-order valence-corrected chi connectivity index (χ0v) is 9.01. The van der Waals surface area contributed by atoms with Gasteiger partial charge in [0.05, 0.1) is 0 Å². The molecule has 14 heavy (non-hydrogen) atoms. The Kier molecular flexibility index (Phi) is 2.87. The Bertz CT molecular complexity index is 286. The van der Waals surface area contributed by atoms with Gasteiger partial charge in [0, 0.05) is 30.9 Å². The van der Waals surface area contributed by atoms with Crippen LogP contribution in [-0.2, 0) is 13.0 Å². The van der Waals surface area contributed by atoms with Crippen molar-refractivity contribution >= 4 is 0 Å². The lowest BCUT2D eigenvalue weighted by Gasteiger charge is -2.05. The lowest BCUT2D eigenvalue weighted by atomic mass is 10.3. The summed E-state index contributed by atoms with van der Waals surface area (Å²) in [7, 11) is 0. The van der Waals surface area contributed by atoms with Crippen molar-refractivity contribution in [2.45, 2.75) is 45.7 Å². The summed E-state index contributed by atoms with van der Waals surface area (Å²) in [5, 5.41) is 3.37. The van der Waals surface area contributed by atoms with Gasteiger partial charge in [0.2, 0.25) is 0 Å². The second-order valence-corrected chi connectivity index (χ2v) is 4.54. The molecule has 2 N–H and O–H groups in total. The first-order chi connectivity index (χ1) is 6.74. The lowest BCUT2D eigenvalue weighted by molar-refractivity contribution is 0.582. The van der Waals surface area contributed by atoms with Gasteiger partial charge in [-0.3, -0.25) is 0 Å². The normalized spacial score (nSPS) is 16.5. The molecule has 1 aromatic heterocycles. The second kappa shape index (κ2) is 4.13. The summed E-state index contributed by atoms with van der Waals surface area (Å²) in [6.07, 6.45) is 5.87. The van der Waals surface area contributed by atoms with Crippen LogP contribution >= 0.6 is 0 Å². The molecule has 78 valence electrons. The molecule has 3 heteroatoms. The van der Waals surface area contributed by atoms with Gasteiger partial charge in [-0.05, 0) is 18.8 Å². The molecule has 0 unspecified atom stereocenters. The van der Waals surface area contributed by atoms with E-state index in [9.17, 15) is 0 Å². The number of nitrogens with one attached hydrogen (secondary N) is 2. The van der Waals surface area contributed by atoms with Crippen LogP contribution < -0.4 is 5.32 Å². The van der Waals surface area contributed by atoms with Crippen LogP contribution in [0.3, 0.4) is 0 Å². The van der Waals surface area contributed by atoms with Crippen molar-refractivity contribution in [1.29, 1.82) is 0 Å². The minimum absolute atomic E-state index is 0.533. The van der Waals surface area contributed by atoms with Crippen LogP contribution in [-0.4, -0.2) is 16.0 Å². The minimum atomic E-state index is 0.533. The molecule has 0 aromatic carbocycles. The van der Waals surface area contributed by atoms with Crippen molar-refractivity contribution < 1.29 is 0 Å². The summed E-state index contributed by atoms with van der Waals surface area (Å²) in [5.74, 6) is 2.07. The average molecular weight is 193 g/mol. The quantitative estimate of drug-likeness (QED) is 0.749. The fourth-order valence-electron chi connectivity index (χ4n) is 1.51. The van der Waals surface area contributed by atoms with Crippen LogP contribution in [0.25, 0.3) is 0 Å². The van der Waals surface area contributed by atoms with Crippen LogP contribution in [0.4, 0.5) is 0 Å². The van der Waals surface area contributed by atoms with Gasteiger partial charge in [-0.15, -0.1) is 0 Å². The van der Waals surface area contributed by atoms with Crippen molar-refractivity contribution in [3.05, 3.63) is 17.7 Å². The molecule has 0 amide bonds. The Labute approximate surface area is 85.3 Å². The van der Waals surface area contributed by atoms with E-state index in [1.54, 1.807) is 0 Å². The highest BCUT2D eigenvalue weighted by Crippen LogP contribution is 2.31. The number of H-pyrrole nitrogens is 1. The van der Waals surface area contributed by atoms with E-state index in [4.69, 9.17) is 0 Å². The van der Waals surface area contributed by atoms with E-state index < -0.39 is 0 Å². The van der Waals surface area contributed by atoms with E-state index in [2.05, 4.69) is 29.1 Å². The first-order valence-electron chi connectivity index (χ1n) is 5.50. The fraction of sp³-hybridized carbons (Fsp3) is 0.727. The maximum Gasteiger partial charge on any atom is 0.106 e. The molecular formula is C11H19N3. The Balaban J connectivity index is 1.82. The Morgan fingerprint density at radius 1 is 1.57 bits per heavy atom. The molecule has 1 heterocycles. The van der Waals surface area contributed by atoms with Crippen LogP contribution in [0.5, 0.6) is 0 Å². The number of hydrogen-bond donors (Lipinski definition) is 2. The largest absolute Gasteiger partial charge is 0.345 e. The maximum absolute atomic E-state index is 4.38. The molecular weight excluding hydrogens is 174 g/mol. The van der Waals surface area contributed by atoms with Crippen LogP contribution in [0, 0.1) is 5.92 Å². The van der Waals surface area contributed by atoms with Crippen LogP contribution in [0.1, 0.15) is 38.2 Å². The summed E-state index contributed by atoms with van der Waals surface area (Å²) >= 11 is 0. The standard InChI is InChI=1S/C11H19N3/c1-8(2)12-6-10-7-13-11(14-10)5-9-3-4-9/h7-9,12H,3-6H2,1-2H3,(H,13,14). The lowest BCUT2D eigenvalue weighted by Crippen LogP contribution is -2.21. The van der Waals surface area contributed by atoms with Crippen molar-refractivity contribution in [3.63, 3.8) is 0 Å². The monoisotopic (exact) mass is 193 g/mol. The summed E-state index contributed by atoms with van der Waals surface area (Å²) in [6.45, 7) is 5.21. The Hall–Kier alpha value is -0.830. The highest BCUT2D eigenvalue weighted by molar-refractivity contribution is 5.03. The molecule has 3 nitrogen and oxygen atoms in total. The van der Waals surface area contributed by atoms with Crippen LogP contribution in [0.15, 0.2) is 6.20 Å². The van der Waals surface area contributed by atoms with Gasteiger partial charge in [-0.1, -0.05) is 13.8 Å². The van der Waals surface area contributed by atoms with Gasteiger partial charge in [0.1, 0.15) is 5.82 Å². The van der Waals surface area contributed by atoms with E-state index in [0.717, 1.165) is 24.7 Å². The number of imidazole rings is 1. The number of rotatable bonds is 5. The van der Waals surface area contributed by atoms with Crippen LogP contribution in [0.2, 0.25) is 0 Å². The number of aromatic nitrogens is 2. The predicted molar refractivity (Wildman–Crippen MR) is 57.0 cm³/mol. The molecule has 1 saturated carbocycles. The van der Waals surface area contributed by atoms with Gasteiger partial charge in [-0.25, -0.2) is 4.98 Å². The smallest absolute Gasteiger partial charge is 0.106 e. The summed E-state index contributed by atoms with van der Waals surface area (Å²) < 4.78 is 0. The maximum atomic E-state index is 4.38. The third-order valence-corrected chi connectivity index (χ3v) is 2.56. The zero-order chi connectivity index (χ0) is 9.97. The van der Waals surface area contributed by atoms with Crippen molar-refractivity contribution in [1.82, 2.24) is 15.3 Å². The highest BCUT2D eigenvalue weighted by Gasteiger charge is 2.22. The molecule has 1 fully saturated rings. The van der Waals surface area contributed by atoms with Gasteiger partial charge in [0.15, 0.2) is 0 Å². The SMILES string of the molecule is CC(C)NCc1cnc(CC2CC2)[nH]1. The minimum Gasteiger partial charge on any atom is -0.345 e. The molecule has 0 atom stereocenters. The van der Waals surface area contributed by atoms with Gasteiger partial charge in [-0.2, -0.15) is 0 Å².